The zero-order valence-corrected chi connectivity index (χ0v) is 13.6. The molecule has 2 rings (SSSR count). The molecular weight excluding hydrogens is 350 g/mol. The molecule has 1 unspecified atom stereocenters. The van der Waals surface area contributed by atoms with Gasteiger partial charge in [-0.3, -0.25) is 4.79 Å². The van der Waals surface area contributed by atoms with Gasteiger partial charge in [0.2, 0.25) is 0 Å². The maximum absolute atomic E-state index is 12.3. The van der Waals surface area contributed by atoms with E-state index in [1.807, 2.05) is 0 Å². The molecule has 10 heteroatoms. The molecule has 6 nitrogen and oxygen atoms in total. The molecule has 0 aliphatic rings. The number of carboxylic acids is 1. The lowest BCUT2D eigenvalue weighted by molar-refractivity contribution is -0.0498. The molecule has 0 bridgehead atoms. The third-order valence-corrected chi connectivity index (χ3v) is 5.00. The van der Waals surface area contributed by atoms with E-state index >= 15 is 0 Å². The van der Waals surface area contributed by atoms with Gasteiger partial charge in [-0.25, -0.2) is 9.78 Å². The quantitative estimate of drug-likeness (QED) is 0.823. The number of amides is 1. The van der Waals surface area contributed by atoms with Crippen LogP contribution in [0.5, 0.6) is 5.75 Å². The Morgan fingerprint density at radius 2 is 2.09 bits per heavy atom. The average molecular weight is 362 g/mol. The first-order chi connectivity index (χ1) is 10.8. The van der Waals surface area contributed by atoms with Crippen LogP contribution in [0.4, 0.5) is 8.78 Å². The summed E-state index contributed by atoms with van der Waals surface area (Å²) in [6, 6.07) is 0.716. The number of hydrogen-bond donors (Lipinski definition) is 2. The third kappa shape index (κ3) is 4.02. The maximum atomic E-state index is 12.3. The normalized spacial score (nSPS) is 12.2. The van der Waals surface area contributed by atoms with Crippen molar-refractivity contribution in [2.24, 2.45) is 0 Å². The molecule has 0 aliphatic heterocycles. The standard InChI is InChI=1S/C13H12F2N2O4S2/c1-5-8(12(19)20)23-11(17-5)6(2)16-10(18)9-7(3-4-22-9)21-13(14)15/h3-4,6,13H,1-2H3,(H,16,18)(H,19,20). The molecule has 124 valence electrons. The second kappa shape index (κ2) is 7.01. The first-order valence-electron chi connectivity index (χ1n) is 6.33. The van der Waals surface area contributed by atoms with E-state index in [4.69, 9.17) is 5.11 Å². The summed E-state index contributed by atoms with van der Waals surface area (Å²) >= 11 is 1.93. The second-order valence-electron chi connectivity index (χ2n) is 4.46. The number of carboxylic acid groups (broad SMARTS) is 1. The average Bonchev–Trinajstić information content (AvgIpc) is 3.04. The fourth-order valence-electron chi connectivity index (χ4n) is 1.78. The van der Waals surface area contributed by atoms with Crippen molar-refractivity contribution < 1.29 is 28.2 Å². The molecule has 0 saturated heterocycles. The van der Waals surface area contributed by atoms with E-state index in [-0.39, 0.29) is 15.5 Å². The van der Waals surface area contributed by atoms with Gasteiger partial charge in [-0.05, 0) is 25.3 Å². The van der Waals surface area contributed by atoms with Crippen LogP contribution in [0.1, 0.15) is 43.0 Å². The number of rotatable bonds is 6. The summed E-state index contributed by atoms with van der Waals surface area (Å²) in [6.07, 6.45) is 0. The summed E-state index contributed by atoms with van der Waals surface area (Å²) in [5.74, 6) is -1.88. The Balaban J connectivity index is 2.12. The molecule has 2 N–H and O–H groups in total. The Bertz CT molecular complexity index is 729. The maximum Gasteiger partial charge on any atom is 0.387 e. The monoisotopic (exact) mass is 362 g/mol. The molecular formula is C13H12F2N2O4S2. The summed E-state index contributed by atoms with van der Waals surface area (Å²) in [4.78, 5) is 27.4. The summed E-state index contributed by atoms with van der Waals surface area (Å²) in [5.41, 5.74) is 0.358. The smallest absolute Gasteiger partial charge is 0.387 e. The zero-order chi connectivity index (χ0) is 17.1. The number of carbonyl (C=O) groups excluding carboxylic acids is 1. The Kier molecular flexibility index (Phi) is 5.26. The van der Waals surface area contributed by atoms with Crippen molar-refractivity contribution in [2.45, 2.75) is 26.5 Å². The number of thiophene rings is 1. The van der Waals surface area contributed by atoms with E-state index < -0.39 is 24.5 Å². The summed E-state index contributed by atoms with van der Waals surface area (Å²) in [6.45, 7) is 0.169. The number of hydrogen-bond acceptors (Lipinski definition) is 6. The van der Waals surface area contributed by atoms with Crippen molar-refractivity contribution in [3.63, 3.8) is 0 Å². The number of aryl methyl sites for hydroxylation is 1. The molecule has 1 atom stereocenters. The van der Waals surface area contributed by atoms with Crippen molar-refractivity contribution in [2.75, 3.05) is 0 Å². The van der Waals surface area contributed by atoms with Gasteiger partial charge in [0.25, 0.3) is 5.91 Å². The number of aromatic carboxylic acids is 1. The van der Waals surface area contributed by atoms with E-state index in [2.05, 4.69) is 15.0 Å². The van der Waals surface area contributed by atoms with E-state index in [0.717, 1.165) is 22.7 Å². The van der Waals surface area contributed by atoms with Crippen LogP contribution in [0, 0.1) is 6.92 Å². The Morgan fingerprint density at radius 1 is 1.39 bits per heavy atom. The minimum absolute atomic E-state index is 0.0175. The number of carbonyl (C=O) groups is 2. The fraction of sp³-hybridized carbons (Fsp3) is 0.308. The molecule has 1 amide bonds. The molecule has 0 radical (unpaired) electrons. The van der Waals surface area contributed by atoms with Gasteiger partial charge in [-0.15, -0.1) is 22.7 Å². The lowest BCUT2D eigenvalue weighted by atomic mass is 10.3. The van der Waals surface area contributed by atoms with Crippen LogP contribution >= 0.6 is 22.7 Å². The highest BCUT2D eigenvalue weighted by molar-refractivity contribution is 7.14. The molecule has 0 fully saturated rings. The third-order valence-electron chi connectivity index (χ3n) is 2.78. The highest BCUT2D eigenvalue weighted by Crippen LogP contribution is 2.28. The zero-order valence-electron chi connectivity index (χ0n) is 12.0. The number of alkyl halides is 2. The molecule has 2 aromatic rings. The number of halogens is 2. The lowest BCUT2D eigenvalue weighted by Crippen LogP contribution is -2.26. The predicted molar refractivity (Wildman–Crippen MR) is 80.6 cm³/mol. The number of thiazole rings is 1. The fourth-order valence-corrected chi connectivity index (χ4v) is 3.41. The minimum atomic E-state index is -3.02. The van der Waals surface area contributed by atoms with Crippen molar-refractivity contribution in [3.8, 4) is 5.75 Å². The SMILES string of the molecule is Cc1nc(C(C)NC(=O)c2sccc2OC(F)F)sc1C(=O)O. The first kappa shape index (κ1) is 17.3. The second-order valence-corrected chi connectivity index (χ2v) is 6.41. The number of ether oxygens (including phenoxy) is 1. The molecule has 0 spiro atoms. The van der Waals surface area contributed by atoms with Crippen LogP contribution < -0.4 is 10.1 Å². The van der Waals surface area contributed by atoms with Gasteiger partial charge in [0, 0.05) is 0 Å². The van der Waals surface area contributed by atoms with E-state index in [1.54, 1.807) is 13.8 Å². The Morgan fingerprint density at radius 3 is 2.65 bits per heavy atom. The van der Waals surface area contributed by atoms with E-state index in [1.165, 1.54) is 11.4 Å². The molecule has 0 saturated carbocycles. The molecule has 23 heavy (non-hydrogen) atoms. The number of aromatic nitrogens is 1. The highest BCUT2D eigenvalue weighted by atomic mass is 32.1. The van der Waals surface area contributed by atoms with Crippen LogP contribution in [0.2, 0.25) is 0 Å². The van der Waals surface area contributed by atoms with Crippen molar-refractivity contribution in [1.82, 2.24) is 10.3 Å². The van der Waals surface area contributed by atoms with Crippen molar-refractivity contribution >= 4 is 34.6 Å². The number of nitrogens with zero attached hydrogens (tertiary/aromatic N) is 1. The van der Waals surface area contributed by atoms with Gasteiger partial charge in [-0.1, -0.05) is 0 Å². The first-order valence-corrected chi connectivity index (χ1v) is 8.03. The van der Waals surface area contributed by atoms with E-state index in [9.17, 15) is 18.4 Å². The minimum Gasteiger partial charge on any atom is -0.477 e. The van der Waals surface area contributed by atoms with Crippen molar-refractivity contribution in [3.05, 3.63) is 31.9 Å². The van der Waals surface area contributed by atoms with Gasteiger partial charge in [-0.2, -0.15) is 8.78 Å². The van der Waals surface area contributed by atoms with Crippen LogP contribution in [-0.2, 0) is 0 Å². The number of nitrogens with one attached hydrogen (secondary N) is 1. The van der Waals surface area contributed by atoms with Gasteiger partial charge < -0.3 is 15.2 Å². The van der Waals surface area contributed by atoms with Gasteiger partial charge in [0.15, 0.2) is 0 Å². The van der Waals surface area contributed by atoms with Crippen LogP contribution in [0.25, 0.3) is 0 Å². The topological polar surface area (TPSA) is 88.5 Å². The highest BCUT2D eigenvalue weighted by Gasteiger charge is 2.22. The van der Waals surface area contributed by atoms with Crippen LogP contribution in [0.15, 0.2) is 11.4 Å². The van der Waals surface area contributed by atoms with Gasteiger partial charge >= 0.3 is 12.6 Å². The predicted octanol–water partition coefficient (Wildman–Crippen LogP) is 3.30. The molecule has 0 aromatic carbocycles. The van der Waals surface area contributed by atoms with Crippen LogP contribution in [0.3, 0.4) is 0 Å². The summed E-state index contributed by atoms with van der Waals surface area (Å²) < 4.78 is 28.8. The van der Waals surface area contributed by atoms with Crippen LogP contribution in [-0.4, -0.2) is 28.6 Å². The Labute approximate surface area is 137 Å². The Hall–Kier alpha value is -2.07. The summed E-state index contributed by atoms with van der Waals surface area (Å²) in [5, 5.41) is 13.5. The molecule has 2 heterocycles. The molecule has 0 aliphatic carbocycles. The van der Waals surface area contributed by atoms with Gasteiger partial charge in [0.1, 0.15) is 20.5 Å². The van der Waals surface area contributed by atoms with Gasteiger partial charge in [0.05, 0.1) is 11.7 Å². The lowest BCUT2D eigenvalue weighted by Gasteiger charge is -2.11. The largest absolute Gasteiger partial charge is 0.477 e. The van der Waals surface area contributed by atoms with Crippen molar-refractivity contribution in [1.29, 1.82) is 0 Å². The summed E-state index contributed by atoms with van der Waals surface area (Å²) in [7, 11) is 0. The van der Waals surface area contributed by atoms with E-state index in [0.29, 0.717) is 10.7 Å². The molecule has 2 aromatic heterocycles.